The van der Waals surface area contributed by atoms with Gasteiger partial charge in [-0.2, -0.15) is 5.10 Å². The lowest BCUT2D eigenvalue weighted by Crippen LogP contribution is -2.39. The molecule has 4 rings (SSSR count). The Morgan fingerprint density at radius 2 is 2.17 bits per heavy atom. The van der Waals surface area contributed by atoms with E-state index in [-0.39, 0.29) is 6.03 Å². The second-order valence-electron chi connectivity index (χ2n) is 7.09. The number of fused-ring (bicyclic) bond motifs is 1. The average molecular weight is 323 g/mol. The third-order valence-electron chi connectivity index (χ3n) is 5.18. The molecule has 0 bridgehead atoms. The molecule has 6 heteroatoms. The zero-order chi connectivity index (χ0) is 16.9. The Morgan fingerprint density at radius 1 is 1.42 bits per heavy atom. The van der Waals surface area contributed by atoms with Crippen LogP contribution in [0.25, 0.3) is 0 Å². The molecule has 3 N–H and O–H groups in total. The molecule has 2 atom stereocenters. The number of hydrogen-bond acceptors (Lipinski definition) is 3. The summed E-state index contributed by atoms with van der Waals surface area (Å²) < 4.78 is 0. The van der Waals surface area contributed by atoms with E-state index in [0.717, 1.165) is 17.7 Å². The number of anilines is 1. The minimum absolute atomic E-state index is 0.220. The minimum atomic E-state index is -0.475. The van der Waals surface area contributed by atoms with Gasteiger partial charge >= 0.3 is 6.03 Å². The van der Waals surface area contributed by atoms with E-state index in [4.69, 9.17) is 5.73 Å². The Kier molecular flexibility index (Phi) is 3.23. The third-order valence-corrected chi connectivity index (χ3v) is 5.18. The van der Waals surface area contributed by atoms with Crippen molar-refractivity contribution < 1.29 is 4.79 Å². The van der Waals surface area contributed by atoms with Gasteiger partial charge in [-0.1, -0.05) is 30.3 Å². The third kappa shape index (κ3) is 2.29. The van der Waals surface area contributed by atoms with E-state index in [9.17, 15) is 4.79 Å². The van der Waals surface area contributed by atoms with Crippen LogP contribution in [0.2, 0.25) is 0 Å². The highest BCUT2D eigenvalue weighted by Gasteiger charge is 2.43. The number of nitrogens with two attached hydrogens (primary N) is 1. The second-order valence-corrected chi connectivity index (χ2v) is 7.09. The van der Waals surface area contributed by atoms with E-state index in [0.29, 0.717) is 24.2 Å². The fraction of sp³-hybridized carbons (Fsp3) is 0.389. The van der Waals surface area contributed by atoms with Crippen molar-refractivity contribution in [1.82, 2.24) is 15.1 Å². The lowest BCUT2D eigenvalue weighted by molar-refractivity contribution is 0.151. The van der Waals surface area contributed by atoms with Gasteiger partial charge in [-0.25, -0.2) is 9.79 Å². The topological polar surface area (TPSA) is 87.4 Å². The number of carbonyl (C=O) groups is 1. The Labute approximate surface area is 140 Å². The number of H-pyrrole nitrogens is 1. The van der Waals surface area contributed by atoms with E-state index in [2.05, 4.69) is 27.3 Å². The Balaban J connectivity index is 1.45. The standard InChI is InChI=1S/C18H21N5O/c1-18(2)15-14(16(19)22-21-15)10-23(18)17(24)20-9-12-8-13(12)11-6-4-3-5-7-11/h3-7,9,12-13H,8,10H2,1-2H3,(H3,19,21,22)/t12?,13-/m0/s1. The van der Waals surface area contributed by atoms with E-state index in [1.54, 1.807) is 4.90 Å². The number of nitrogens with one attached hydrogen (secondary N) is 1. The molecule has 6 nitrogen and oxygen atoms in total. The molecule has 1 aromatic carbocycles. The summed E-state index contributed by atoms with van der Waals surface area (Å²) in [5.74, 6) is 1.30. The molecule has 0 spiro atoms. The van der Waals surface area contributed by atoms with Crippen molar-refractivity contribution in [2.45, 2.75) is 38.3 Å². The van der Waals surface area contributed by atoms with Crippen LogP contribution in [0.1, 0.15) is 43.0 Å². The van der Waals surface area contributed by atoms with Gasteiger partial charge in [-0.15, -0.1) is 0 Å². The normalized spacial score (nSPS) is 24.3. The zero-order valence-corrected chi connectivity index (χ0v) is 13.9. The van der Waals surface area contributed by atoms with Gasteiger partial charge < -0.3 is 10.6 Å². The molecule has 2 amide bonds. The van der Waals surface area contributed by atoms with Crippen molar-refractivity contribution in [1.29, 1.82) is 0 Å². The van der Waals surface area contributed by atoms with E-state index < -0.39 is 5.54 Å². The van der Waals surface area contributed by atoms with Gasteiger partial charge in [0.2, 0.25) is 0 Å². The molecule has 0 radical (unpaired) electrons. The molecule has 124 valence electrons. The smallest absolute Gasteiger partial charge is 0.344 e. The highest BCUT2D eigenvalue weighted by molar-refractivity contribution is 5.87. The molecule has 24 heavy (non-hydrogen) atoms. The Hall–Kier alpha value is -2.63. The monoisotopic (exact) mass is 323 g/mol. The highest BCUT2D eigenvalue weighted by Crippen LogP contribution is 2.46. The summed E-state index contributed by atoms with van der Waals surface area (Å²) in [7, 11) is 0. The van der Waals surface area contributed by atoms with Crippen molar-refractivity contribution in [2.24, 2.45) is 10.9 Å². The van der Waals surface area contributed by atoms with E-state index in [1.807, 2.05) is 38.3 Å². The van der Waals surface area contributed by atoms with Crippen LogP contribution in [0.15, 0.2) is 35.3 Å². The highest BCUT2D eigenvalue weighted by atomic mass is 16.2. The van der Waals surface area contributed by atoms with Gasteiger partial charge in [-0.3, -0.25) is 5.10 Å². The number of aromatic nitrogens is 2. The summed E-state index contributed by atoms with van der Waals surface area (Å²) >= 11 is 0. The zero-order valence-electron chi connectivity index (χ0n) is 13.9. The number of aliphatic imine (C=N–C) groups is 1. The Bertz CT molecular complexity index is 808. The number of aromatic amines is 1. The molecule has 1 aliphatic heterocycles. The van der Waals surface area contributed by atoms with Crippen LogP contribution in [0.4, 0.5) is 10.6 Å². The van der Waals surface area contributed by atoms with Crippen LogP contribution >= 0.6 is 0 Å². The molecule has 1 unspecified atom stereocenters. The van der Waals surface area contributed by atoms with Crippen LogP contribution in [-0.4, -0.2) is 27.3 Å². The fourth-order valence-electron chi connectivity index (χ4n) is 3.53. The van der Waals surface area contributed by atoms with Crippen LogP contribution in [0.3, 0.4) is 0 Å². The number of nitrogens with zero attached hydrogens (tertiary/aromatic N) is 3. The summed E-state index contributed by atoms with van der Waals surface area (Å²) in [6.07, 6.45) is 2.87. The molecule has 2 aliphatic rings. The molecule has 1 saturated carbocycles. The number of carbonyl (C=O) groups excluding carboxylic acids is 1. The number of urea groups is 1. The molecule has 1 fully saturated rings. The quantitative estimate of drug-likeness (QED) is 0.833. The summed E-state index contributed by atoms with van der Waals surface area (Å²) in [6, 6.07) is 10.2. The number of rotatable bonds is 2. The fourth-order valence-corrected chi connectivity index (χ4v) is 3.53. The summed E-state index contributed by atoms with van der Waals surface area (Å²) in [5, 5.41) is 6.98. The molecular formula is C18H21N5O. The van der Waals surface area contributed by atoms with Crippen LogP contribution < -0.4 is 5.73 Å². The van der Waals surface area contributed by atoms with Gasteiger partial charge in [-0.05, 0) is 31.7 Å². The Morgan fingerprint density at radius 3 is 2.88 bits per heavy atom. The second kappa shape index (κ2) is 5.19. The first-order valence-electron chi connectivity index (χ1n) is 8.22. The van der Waals surface area contributed by atoms with E-state index in [1.165, 1.54) is 5.56 Å². The number of nitrogen functional groups attached to an aromatic ring is 1. The first kappa shape index (κ1) is 14.9. The molecule has 1 aromatic heterocycles. The summed E-state index contributed by atoms with van der Waals surface area (Å²) in [4.78, 5) is 18.5. The van der Waals surface area contributed by atoms with Crippen LogP contribution in [0, 0.1) is 5.92 Å². The van der Waals surface area contributed by atoms with Crippen molar-refractivity contribution >= 4 is 18.1 Å². The SMILES string of the molecule is CC1(C)c2[nH]nc(N)c2CN1C(=O)N=CC1C[C@H]1c1ccccc1. The molecular weight excluding hydrogens is 302 g/mol. The van der Waals surface area contributed by atoms with Crippen LogP contribution in [0.5, 0.6) is 0 Å². The lowest BCUT2D eigenvalue weighted by Gasteiger charge is -2.29. The minimum Gasteiger partial charge on any atom is -0.382 e. The largest absolute Gasteiger partial charge is 0.382 e. The summed E-state index contributed by atoms with van der Waals surface area (Å²) in [5.41, 5.74) is 8.51. The molecule has 1 aliphatic carbocycles. The predicted octanol–water partition coefficient (Wildman–Crippen LogP) is 3.04. The number of benzene rings is 1. The predicted molar refractivity (Wildman–Crippen MR) is 92.7 cm³/mol. The first-order valence-corrected chi connectivity index (χ1v) is 8.22. The van der Waals surface area contributed by atoms with Gasteiger partial charge in [0.15, 0.2) is 5.82 Å². The summed E-state index contributed by atoms with van der Waals surface area (Å²) in [6.45, 7) is 4.41. The molecule has 2 heterocycles. The lowest BCUT2D eigenvalue weighted by atomic mass is 10.0. The van der Waals surface area contributed by atoms with Crippen molar-refractivity contribution in [2.75, 3.05) is 5.73 Å². The maximum Gasteiger partial charge on any atom is 0.344 e. The van der Waals surface area contributed by atoms with Crippen LogP contribution in [-0.2, 0) is 12.1 Å². The van der Waals surface area contributed by atoms with Gasteiger partial charge in [0.1, 0.15) is 0 Å². The number of hydrogen-bond donors (Lipinski definition) is 2. The van der Waals surface area contributed by atoms with Crippen molar-refractivity contribution in [3.63, 3.8) is 0 Å². The first-order chi connectivity index (χ1) is 11.5. The van der Waals surface area contributed by atoms with Gasteiger partial charge in [0.05, 0.1) is 17.8 Å². The number of amides is 2. The molecule has 0 saturated heterocycles. The van der Waals surface area contributed by atoms with Crippen molar-refractivity contribution in [3.8, 4) is 0 Å². The van der Waals surface area contributed by atoms with E-state index >= 15 is 0 Å². The maximum absolute atomic E-state index is 12.6. The van der Waals surface area contributed by atoms with Gasteiger partial charge in [0.25, 0.3) is 0 Å². The van der Waals surface area contributed by atoms with Crippen molar-refractivity contribution in [3.05, 3.63) is 47.2 Å². The molecule has 2 aromatic rings. The van der Waals surface area contributed by atoms with Gasteiger partial charge in [0, 0.05) is 17.7 Å². The average Bonchev–Trinajstić information content (AvgIpc) is 3.18. The maximum atomic E-state index is 12.6.